The summed E-state index contributed by atoms with van der Waals surface area (Å²) in [6, 6.07) is 3.59. The topological polar surface area (TPSA) is 39.2 Å². The largest absolute Gasteiger partial charge is 0.464 e. The van der Waals surface area contributed by atoms with Gasteiger partial charge < -0.3 is 4.74 Å². The van der Waals surface area contributed by atoms with Gasteiger partial charge in [0.1, 0.15) is 0 Å². The van der Waals surface area contributed by atoms with Crippen molar-refractivity contribution in [3.8, 4) is 0 Å². The van der Waals surface area contributed by atoms with Gasteiger partial charge in [0, 0.05) is 5.69 Å². The Morgan fingerprint density at radius 1 is 1.43 bits per heavy atom. The van der Waals surface area contributed by atoms with Crippen molar-refractivity contribution in [2.75, 3.05) is 7.11 Å². The van der Waals surface area contributed by atoms with Crippen molar-refractivity contribution in [2.45, 2.75) is 20.8 Å². The Hall–Kier alpha value is -0.900. The van der Waals surface area contributed by atoms with Gasteiger partial charge in [-0.2, -0.15) is 0 Å². The molecule has 3 nitrogen and oxygen atoms in total. The first-order valence-corrected chi connectivity index (χ1v) is 5.16. The maximum Gasteiger partial charge on any atom is 0.357 e. The van der Waals surface area contributed by atoms with Crippen molar-refractivity contribution in [3.05, 3.63) is 28.0 Å². The van der Waals surface area contributed by atoms with Crippen LogP contribution in [-0.2, 0) is 4.74 Å². The molecule has 0 saturated carbocycles. The molecular formula is C10H14BrNO2. The molecule has 0 aliphatic heterocycles. The Morgan fingerprint density at radius 3 is 2.50 bits per heavy atom. The minimum absolute atomic E-state index is 0.317. The zero-order valence-electron chi connectivity index (χ0n) is 8.80. The molecule has 0 unspecified atom stereocenters. The lowest BCUT2D eigenvalue weighted by atomic mass is 10.3. The summed E-state index contributed by atoms with van der Waals surface area (Å²) in [6.45, 7) is 5.82. The zero-order valence-corrected chi connectivity index (χ0v) is 10.4. The number of ether oxygens (including phenoxy) is 1. The minimum Gasteiger partial charge on any atom is -0.464 e. The fraction of sp³-hybridized carbons (Fsp3) is 0.400. The van der Waals surface area contributed by atoms with E-state index in [0.29, 0.717) is 10.2 Å². The maximum atomic E-state index is 11.1. The smallest absolute Gasteiger partial charge is 0.357 e. The second-order valence-electron chi connectivity index (χ2n) is 2.27. The first-order chi connectivity index (χ1) is 6.65. The van der Waals surface area contributed by atoms with Gasteiger partial charge in [-0.25, -0.2) is 9.78 Å². The predicted molar refractivity (Wildman–Crippen MR) is 59.4 cm³/mol. The van der Waals surface area contributed by atoms with Gasteiger partial charge in [0.2, 0.25) is 0 Å². The molecule has 0 aromatic carbocycles. The molecule has 4 heteroatoms. The van der Waals surface area contributed by atoms with Crippen LogP contribution >= 0.6 is 15.9 Å². The number of carbonyl (C=O) groups is 1. The summed E-state index contributed by atoms with van der Waals surface area (Å²) in [5.74, 6) is -0.425. The van der Waals surface area contributed by atoms with Crippen molar-refractivity contribution in [1.82, 2.24) is 4.98 Å². The molecule has 0 spiro atoms. The zero-order chi connectivity index (χ0) is 11.1. The predicted octanol–water partition coefficient (Wildman–Crippen LogP) is 2.97. The Bertz CT molecular complexity index is 313. The first kappa shape index (κ1) is 13.1. The summed E-state index contributed by atoms with van der Waals surface area (Å²) >= 11 is 3.21. The summed E-state index contributed by atoms with van der Waals surface area (Å²) in [6.07, 6.45) is 0. The Morgan fingerprint density at radius 2 is 2.00 bits per heavy atom. The molecule has 1 aromatic heterocycles. The average molecular weight is 260 g/mol. The number of aromatic nitrogens is 1. The number of pyridine rings is 1. The van der Waals surface area contributed by atoms with Gasteiger partial charge in [-0.15, -0.1) is 0 Å². The standard InChI is InChI=1S/C8H8BrNO2.C2H6/c1-5-3-4-6(9)7(10-5)8(11)12-2;1-2/h3-4H,1-2H3;1-2H3. The molecule has 0 atom stereocenters. The van der Waals surface area contributed by atoms with Crippen LogP contribution in [0.2, 0.25) is 0 Å². The molecule has 78 valence electrons. The highest BCUT2D eigenvalue weighted by molar-refractivity contribution is 9.10. The number of aryl methyl sites for hydroxylation is 1. The number of hydrogen-bond donors (Lipinski definition) is 0. The van der Waals surface area contributed by atoms with Crippen LogP contribution in [-0.4, -0.2) is 18.1 Å². The molecule has 1 rings (SSSR count). The Labute approximate surface area is 92.6 Å². The van der Waals surface area contributed by atoms with Crippen LogP contribution in [0.15, 0.2) is 16.6 Å². The highest BCUT2D eigenvalue weighted by Crippen LogP contribution is 2.15. The van der Waals surface area contributed by atoms with E-state index in [0.717, 1.165) is 5.69 Å². The summed E-state index contributed by atoms with van der Waals surface area (Å²) < 4.78 is 5.19. The molecule has 0 aliphatic carbocycles. The molecule has 0 fully saturated rings. The van der Waals surface area contributed by atoms with E-state index in [4.69, 9.17) is 0 Å². The number of esters is 1. The lowest BCUT2D eigenvalue weighted by Gasteiger charge is -2.01. The number of rotatable bonds is 1. The molecule has 0 amide bonds. The van der Waals surface area contributed by atoms with Crippen LogP contribution in [0.1, 0.15) is 30.0 Å². The normalized spacial score (nSPS) is 8.64. The van der Waals surface area contributed by atoms with E-state index in [1.54, 1.807) is 6.07 Å². The number of hydrogen-bond acceptors (Lipinski definition) is 3. The average Bonchev–Trinajstić information content (AvgIpc) is 2.23. The molecule has 0 N–H and O–H groups in total. The van der Waals surface area contributed by atoms with E-state index >= 15 is 0 Å². The van der Waals surface area contributed by atoms with Crippen LogP contribution in [0.25, 0.3) is 0 Å². The van der Waals surface area contributed by atoms with Gasteiger partial charge in [-0.3, -0.25) is 0 Å². The van der Waals surface area contributed by atoms with Gasteiger partial charge in [0.05, 0.1) is 11.6 Å². The van der Waals surface area contributed by atoms with Crippen molar-refractivity contribution < 1.29 is 9.53 Å². The quantitative estimate of drug-likeness (QED) is 0.729. The number of methoxy groups -OCH3 is 1. The molecule has 1 heterocycles. The summed E-state index contributed by atoms with van der Waals surface area (Å²) in [7, 11) is 1.33. The Kier molecular flexibility index (Phi) is 6.12. The summed E-state index contributed by atoms with van der Waals surface area (Å²) in [5.41, 5.74) is 1.11. The summed E-state index contributed by atoms with van der Waals surface area (Å²) in [5, 5.41) is 0. The third-order valence-corrected chi connectivity index (χ3v) is 2.00. The SMILES string of the molecule is CC.COC(=O)c1nc(C)ccc1Br. The van der Waals surface area contributed by atoms with Gasteiger partial charge >= 0.3 is 5.97 Å². The second-order valence-corrected chi connectivity index (χ2v) is 3.13. The van der Waals surface area contributed by atoms with E-state index < -0.39 is 5.97 Å². The van der Waals surface area contributed by atoms with Crippen molar-refractivity contribution in [3.63, 3.8) is 0 Å². The van der Waals surface area contributed by atoms with Crippen LogP contribution in [0.3, 0.4) is 0 Å². The van der Waals surface area contributed by atoms with Gasteiger partial charge in [-0.1, -0.05) is 13.8 Å². The van der Waals surface area contributed by atoms with Crippen LogP contribution in [0, 0.1) is 6.92 Å². The third kappa shape index (κ3) is 3.46. The van der Waals surface area contributed by atoms with Gasteiger partial charge in [-0.05, 0) is 35.0 Å². The number of halogens is 1. The lowest BCUT2D eigenvalue weighted by Crippen LogP contribution is -2.05. The van der Waals surface area contributed by atoms with Crippen LogP contribution in [0.4, 0.5) is 0 Å². The van der Waals surface area contributed by atoms with E-state index in [2.05, 4.69) is 25.7 Å². The fourth-order valence-electron chi connectivity index (χ4n) is 0.780. The monoisotopic (exact) mass is 259 g/mol. The number of nitrogens with zero attached hydrogens (tertiary/aromatic N) is 1. The van der Waals surface area contributed by atoms with Gasteiger partial charge in [0.15, 0.2) is 5.69 Å². The molecular weight excluding hydrogens is 246 g/mol. The highest BCUT2D eigenvalue weighted by Gasteiger charge is 2.11. The molecule has 1 aromatic rings. The van der Waals surface area contributed by atoms with Crippen molar-refractivity contribution >= 4 is 21.9 Å². The van der Waals surface area contributed by atoms with E-state index in [-0.39, 0.29) is 0 Å². The summed E-state index contributed by atoms with van der Waals surface area (Å²) in [4.78, 5) is 15.1. The molecule has 0 radical (unpaired) electrons. The van der Waals surface area contributed by atoms with Crippen molar-refractivity contribution in [1.29, 1.82) is 0 Å². The number of carbonyl (C=O) groups excluding carboxylic acids is 1. The molecule has 0 bridgehead atoms. The fourth-order valence-corrected chi connectivity index (χ4v) is 1.16. The maximum absolute atomic E-state index is 11.1. The van der Waals surface area contributed by atoms with E-state index in [1.165, 1.54) is 7.11 Å². The molecule has 14 heavy (non-hydrogen) atoms. The lowest BCUT2D eigenvalue weighted by molar-refractivity contribution is 0.0592. The van der Waals surface area contributed by atoms with E-state index in [9.17, 15) is 4.79 Å². The Balaban J connectivity index is 0.000000791. The third-order valence-electron chi connectivity index (χ3n) is 1.36. The van der Waals surface area contributed by atoms with Crippen molar-refractivity contribution in [2.24, 2.45) is 0 Å². The first-order valence-electron chi connectivity index (χ1n) is 4.36. The van der Waals surface area contributed by atoms with Crippen LogP contribution in [0.5, 0.6) is 0 Å². The minimum atomic E-state index is -0.425. The van der Waals surface area contributed by atoms with Gasteiger partial charge in [0.25, 0.3) is 0 Å². The second kappa shape index (κ2) is 6.54. The molecule has 0 aliphatic rings. The highest BCUT2D eigenvalue weighted by atomic mass is 79.9. The van der Waals surface area contributed by atoms with E-state index in [1.807, 2.05) is 26.8 Å². The van der Waals surface area contributed by atoms with Crippen LogP contribution < -0.4 is 0 Å². The molecule has 0 saturated heterocycles.